The van der Waals surface area contributed by atoms with Crippen LogP contribution in [0.2, 0.25) is 0 Å². The van der Waals surface area contributed by atoms with Crippen molar-refractivity contribution >= 4 is 11.6 Å². The molecule has 0 saturated heterocycles. The quantitative estimate of drug-likeness (QED) is 0.832. The number of carbonyl (C=O) groups excluding carboxylic acids is 1. The highest BCUT2D eigenvalue weighted by Crippen LogP contribution is 2.38. The molecule has 3 rings (SSSR count). The van der Waals surface area contributed by atoms with Gasteiger partial charge >= 0.3 is 0 Å². The predicted molar refractivity (Wildman–Crippen MR) is 103 cm³/mol. The summed E-state index contributed by atoms with van der Waals surface area (Å²) in [5.41, 5.74) is 10.7. The van der Waals surface area contributed by atoms with Gasteiger partial charge in [-0.05, 0) is 61.9 Å². The Balaban J connectivity index is 1.68. The largest absolute Gasteiger partial charge is 0.325 e. The predicted octanol–water partition coefficient (Wildman–Crippen LogP) is 4.46. The first-order valence-electron chi connectivity index (χ1n) is 9.24. The van der Waals surface area contributed by atoms with Crippen molar-refractivity contribution in [1.29, 1.82) is 0 Å². The van der Waals surface area contributed by atoms with Gasteiger partial charge in [-0.3, -0.25) is 9.78 Å². The number of hydrogen-bond donors (Lipinski definition) is 2. The van der Waals surface area contributed by atoms with Gasteiger partial charge in [-0.25, -0.2) is 8.78 Å². The summed E-state index contributed by atoms with van der Waals surface area (Å²) in [4.78, 5) is 16.7. The average Bonchev–Trinajstić information content (AvgIpc) is 2.61. The van der Waals surface area contributed by atoms with Crippen molar-refractivity contribution in [3.05, 3.63) is 47.8 Å². The molecule has 2 aromatic rings. The number of hydrogen-bond acceptors (Lipinski definition) is 3. The van der Waals surface area contributed by atoms with E-state index in [9.17, 15) is 13.6 Å². The number of rotatable bonds is 4. The number of pyridine rings is 1. The van der Waals surface area contributed by atoms with E-state index in [4.69, 9.17) is 5.73 Å². The summed E-state index contributed by atoms with van der Waals surface area (Å²) in [6, 6.07) is 8.43. The number of nitrogens with one attached hydrogen (secondary N) is 1. The molecule has 2 atom stereocenters. The zero-order valence-corrected chi connectivity index (χ0v) is 15.6. The average molecular weight is 373 g/mol. The van der Waals surface area contributed by atoms with E-state index in [-0.39, 0.29) is 12.8 Å². The second kappa shape index (κ2) is 7.72. The van der Waals surface area contributed by atoms with E-state index in [0.29, 0.717) is 18.5 Å². The maximum atomic E-state index is 13.6. The first-order valence-corrected chi connectivity index (χ1v) is 9.24. The maximum Gasteiger partial charge on any atom is 0.248 e. The fraction of sp³-hybridized carbons (Fsp3) is 0.429. The molecular weight excluding hydrogens is 348 g/mol. The Kier molecular flexibility index (Phi) is 5.56. The zero-order chi connectivity index (χ0) is 19.6. The molecule has 0 aliphatic heterocycles. The van der Waals surface area contributed by atoms with E-state index in [1.807, 2.05) is 32.0 Å². The van der Waals surface area contributed by atoms with Crippen molar-refractivity contribution in [2.24, 2.45) is 11.7 Å². The highest BCUT2D eigenvalue weighted by atomic mass is 19.3. The molecule has 1 aliphatic rings. The third-order valence-electron chi connectivity index (χ3n) is 5.28. The number of alkyl halides is 2. The summed E-state index contributed by atoms with van der Waals surface area (Å²) in [6.07, 6.45) is 2.30. The first kappa shape index (κ1) is 19.4. The van der Waals surface area contributed by atoms with Gasteiger partial charge in [0.05, 0.1) is 6.04 Å². The number of nitrogens with two attached hydrogens (primary N) is 1. The van der Waals surface area contributed by atoms with Gasteiger partial charge in [-0.15, -0.1) is 0 Å². The monoisotopic (exact) mass is 373 g/mol. The van der Waals surface area contributed by atoms with Gasteiger partial charge in [0.2, 0.25) is 11.8 Å². The van der Waals surface area contributed by atoms with E-state index in [0.717, 1.165) is 22.4 Å². The lowest BCUT2D eigenvalue weighted by molar-refractivity contribution is -0.120. The van der Waals surface area contributed by atoms with Crippen LogP contribution in [0.25, 0.3) is 11.1 Å². The van der Waals surface area contributed by atoms with Crippen LogP contribution >= 0.6 is 0 Å². The molecule has 1 unspecified atom stereocenters. The summed E-state index contributed by atoms with van der Waals surface area (Å²) < 4.78 is 27.2. The lowest BCUT2D eigenvalue weighted by atomic mass is 9.82. The highest BCUT2D eigenvalue weighted by Gasteiger charge is 2.40. The smallest absolute Gasteiger partial charge is 0.248 e. The van der Waals surface area contributed by atoms with Gasteiger partial charge in [0.15, 0.2) is 0 Å². The zero-order valence-electron chi connectivity index (χ0n) is 15.6. The van der Waals surface area contributed by atoms with Crippen LogP contribution in [0.15, 0.2) is 36.5 Å². The Morgan fingerprint density at radius 2 is 1.96 bits per heavy atom. The fourth-order valence-corrected chi connectivity index (χ4v) is 3.81. The molecule has 4 nitrogen and oxygen atoms in total. The molecule has 144 valence electrons. The minimum atomic E-state index is -2.72. The van der Waals surface area contributed by atoms with Crippen LogP contribution in [0.1, 0.15) is 36.9 Å². The molecule has 6 heteroatoms. The molecule has 3 N–H and O–H groups in total. The van der Waals surface area contributed by atoms with Crippen molar-refractivity contribution in [3.8, 4) is 11.1 Å². The number of aromatic nitrogens is 1. The topological polar surface area (TPSA) is 68.0 Å². The molecule has 1 heterocycles. The van der Waals surface area contributed by atoms with Crippen LogP contribution < -0.4 is 11.1 Å². The van der Waals surface area contributed by atoms with E-state index in [1.165, 1.54) is 0 Å². The molecule has 1 aromatic carbocycles. The summed E-state index contributed by atoms with van der Waals surface area (Å²) in [6.45, 7) is 3.98. The Labute approximate surface area is 158 Å². The molecular formula is C21H25F2N3O. The molecule has 0 bridgehead atoms. The number of amides is 1. The molecule has 1 aliphatic carbocycles. The number of anilines is 1. The fourth-order valence-electron chi connectivity index (χ4n) is 3.81. The molecule has 27 heavy (non-hydrogen) atoms. The Bertz CT molecular complexity index is 800. The number of benzene rings is 1. The summed E-state index contributed by atoms with van der Waals surface area (Å²) in [5.74, 6) is -3.63. The number of halogens is 2. The van der Waals surface area contributed by atoms with Crippen molar-refractivity contribution in [1.82, 2.24) is 4.98 Å². The Morgan fingerprint density at radius 3 is 2.59 bits per heavy atom. The molecule has 1 fully saturated rings. The lowest BCUT2D eigenvalue weighted by Gasteiger charge is -2.31. The molecule has 1 aromatic heterocycles. The minimum absolute atomic E-state index is 0.119. The molecule has 1 amide bonds. The van der Waals surface area contributed by atoms with Gasteiger partial charge in [-0.2, -0.15) is 0 Å². The number of aryl methyl sites for hydroxylation is 2. The van der Waals surface area contributed by atoms with Crippen LogP contribution in [0.4, 0.5) is 14.5 Å². The number of carbonyl (C=O) groups is 1. The van der Waals surface area contributed by atoms with Crippen molar-refractivity contribution < 1.29 is 13.6 Å². The van der Waals surface area contributed by atoms with Gasteiger partial charge in [0, 0.05) is 36.0 Å². The third kappa shape index (κ3) is 4.50. The third-order valence-corrected chi connectivity index (χ3v) is 5.28. The second-order valence-electron chi connectivity index (χ2n) is 7.39. The summed E-state index contributed by atoms with van der Waals surface area (Å²) >= 11 is 0. The SMILES string of the molecule is Cc1ccnc(C)c1-c1ccc(NC(=O)C(N)[C@H]2CCCC(F)(F)C2)cc1. The highest BCUT2D eigenvalue weighted by molar-refractivity contribution is 5.95. The lowest BCUT2D eigenvalue weighted by Crippen LogP contribution is -2.45. The first-order chi connectivity index (χ1) is 12.8. The van der Waals surface area contributed by atoms with Crippen LogP contribution in [0, 0.1) is 19.8 Å². The van der Waals surface area contributed by atoms with E-state index < -0.39 is 23.8 Å². The van der Waals surface area contributed by atoms with Crippen LogP contribution in [-0.2, 0) is 4.79 Å². The molecule has 1 saturated carbocycles. The molecule has 0 radical (unpaired) electrons. The Hall–Kier alpha value is -2.34. The van der Waals surface area contributed by atoms with Gasteiger partial charge in [-0.1, -0.05) is 12.1 Å². The van der Waals surface area contributed by atoms with Crippen LogP contribution in [0.5, 0.6) is 0 Å². The van der Waals surface area contributed by atoms with Crippen LogP contribution in [-0.4, -0.2) is 22.9 Å². The Morgan fingerprint density at radius 1 is 1.26 bits per heavy atom. The van der Waals surface area contributed by atoms with E-state index in [1.54, 1.807) is 18.3 Å². The van der Waals surface area contributed by atoms with E-state index >= 15 is 0 Å². The summed E-state index contributed by atoms with van der Waals surface area (Å²) in [5, 5.41) is 2.75. The van der Waals surface area contributed by atoms with Crippen molar-refractivity contribution in [2.45, 2.75) is 51.5 Å². The van der Waals surface area contributed by atoms with Crippen molar-refractivity contribution in [2.75, 3.05) is 5.32 Å². The summed E-state index contributed by atoms with van der Waals surface area (Å²) in [7, 11) is 0. The number of nitrogens with zero attached hydrogens (tertiary/aromatic N) is 1. The second-order valence-corrected chi connectivity index (χ2v) is 7.39. The van der Waals surface area contributed by atoms with Gasteiger partial charge in [0.1, 0.15) is 0 Å². The van der Waals surface area contributed by atoms with Crippen LogP contribution in [0.3, 0.4) is 0 Å². The normalized spacial score (nSPS) is 20.1. The van der Waals surface area contributed by atoms with Gasteiger partial charge < -0.3 is 11.1 Å². The van der Waals surface area contributed by atoms with E-state index in [2.05, 4.69) is 10.3 Å². The standard InChI is InChI=1S/C21H25F2N3O/c1-13-9-11-25-14(2)18(13)15-5-7-17(8-6-15)26-20(27)19(24)16-4-3-10-21(22,23)12-16/h5-9,11,16,19H,3-4,10,12,24H2,1-2H3,(H,26,27)/t16-,19?/m0/s1. The molecule has 0 spiro atoms. The maximum absolute atomic E-state index is 13.6. The minimum Gasteiger partial charge on any atom is -0.325 e. The van der Waals surface area contributed by atoms with Crippen molar-refractivity contribution in [3.63, 3.8) is 0 Å². The van der Waals surface area contributed by atoms with Gasteiger partial charge in [0.25, 0.3) is 0 Å².